The van der Waals surface area contributed by atoms with Crippen LogP contribution >= 0.6 is 38.6 Å². The standard InChI is InChI=1S/C17H13BrN2O3S2/c18-12-4-1-2-5-13(12)20-15(21)9-23-16(22)8-11-10-25-17(19-11)14-6-3-7-24-14/h1-7,10H,8-9H2,(H,20,21). The number of aromatic nitrogens is 1. The average molecular weight is 437 g/mol. The van der Waals surface area contributed by atoms with Gasteiger partial charge in [0.25, 0.3) is 5.91 Å². The number of rotatable bonds is 6. The minimum Gasteiger partial charge on any atom is -0.455 e. The Kier molecular flexibility index (Phi) is 5.95. The van der Waals surface area contributed by atoms with Crippen molar-refractivity contribution >= 4 is 56.2 Å². The molecule has 0 unspecified atom stereocenters. The molecule has 3 rings (SSSR count). The summed E-state index contributed by atoms with van der Waals surface area (Å²) in [4.78, 5) is 29.2. The van der Waals surface area contributed by atoms with Crippen LogP contribution in [0.4, 0.5) is 5.69 Å². The molecule has 0 saturated heterocycles. The van der Waals surface area contributed by atoms with Crippen molar-refractivity contribution in [2.75, 3.05) is 11.9 Å². The maximum atomic E-state index is 11.9. The highest BCUT2D eigenvalue weighted by atomic mass is 79.9. The number of thiophene rings is 1. The highest BCUT2D eigenvalue weighted by Gasteiger charge is 2.13. The first-order valence-corrected chi connectivity index (χ1v) is 9.85. The van der Waals surface area contributed by atoms with Gasteiger partial charge in [-0.25, -0.2) is 4.98 Å². The number of hydrogen-bond acceptors (Lipinski definition) is 6. The third-order valence-corrected chi connectivity index (χ3v) is 5.74. The lowest BCUT2D eigenvalue weighted by atomic mass is 10.3. The number of esters is 1. The molecule has 0 saturated carbocycles. The van der Waals surface area contributed by atoms with E-state index in [0.717, 1.165) is 14.4 Å². The highest BCUT2D eigenvalue weighted by Crippen LogP contribution is 2.28. The van der Waals surface area contributed by atoms with Crippen LogP contribution in [0.3, 0.4) is 0 Å². The number of halogens is 1. The summed E-state index contributed by atoms with van der Waals surface area (Å²) < 4.78 is 5.78. The largest absolute Gasteiger partial charge is 0.455 e. The SMILES string of the molecule is O=C(COC(=O)Cc1csc(-c2cccs2)n1)Nc1ccccc1Br. The summed E-state index contributed by atoms with van der Waals surface area (Å²) in [5, 5.41) is 7.37. The van der Waals surface area contributed by atoms with Gasteiger partial charge in [0.05, 0.1) is 22.7 Å². The second kappa shape index (κ2) is 8.37. The molecule has 0 aliphatic heterocycles. The van der Waals surface area contributed by atoms with Crippen LogP contribution in [0.5, 0.6) is 0 Å². The van der Waals surface area contributed by atoms with E-state index in [1.165, 1.54) is 11.3 Å². The molecular formula is C17H13BrN2O3S2. The van der Waals surface area contributed by atoms with Crippen molar-refractivity contribution in [1.82, 2.24) is 4.98 Å². The zero-order chi connectivity index (χ0) is 17.6. The van der Waals surface area contributed by atoms with Crippen LogP contribution in [0.25, 0.3) is 9.88 Å². The zero-order valence-electron chi connectivity index (χ0n) is 12.9. The quantitative estimate of drug-likeness (QED) is 0.582. The zero-order valence-corrected chi connectivity index (χ0v) is 16.1. The number of amides is 1. The Morgan fingerprint density at radius 3 is 2.76 bits per heavy atom. The molecule has 0 fully saturated rings. The van der Waals surface area contributed by atoms with Crippen molar-refractivity contribution in [3.63, 3.8) is 0 Å². The van der Waals surface area contributed by atoms with Gasteiger partial charge >= 0.3 is 5.97 Å². The van der Waals surface area contributed by atoms with E-state index in [9.17, 15) is 9.59 Å². The number of anilines is 1. The van der Waals surface area contributed by atoms with Gasteiger partial charge in [0.15, 0.2) is 6.61 Å². The molecule has 0 aliphatic carbocycles. The molecule has 1 aromatic carbocycles. The fourth-order valence-corrected chi connectivity index (χ4v) is 4.01. The molecule has 2 aromatic heterocycles. The topological polar surface area (TPSA) is 68.3 Å². The predicted octanol–water partition coefficient (Wildman–Crippen LogP) is 4.36. The van der Waals surface area contributed by atoms with Gasteiger partial charge in [0.2, 0.25) is 0 Å². The molecule has 0 bridgehead atoms. The molecule has 1 N–H and O–H groups in total. The third kappa shape index (κ3) is 4.97. The number of carbonyl (C=O) groups is 2. The van der Waals surface area contributed by atoms with E-state index in [1.807, 2.05) is 35.0 Å². The van der Waals surface area contributed by atoms with Crippen molar-refractivity contribution in [2.45, 2.75) is 6.42 Å². The van der Waals surface area contributed by atoms with Gasteiger partial charge in [0, 0.05) is 9.85 Å². The lowest BCUT2D eigenvalue weighted by Gasteiger charge is -2.07. The van der Waals surface area contributed by atoms with Crippen LogP contribution in [0.15, 0.2) is 51.6 Å². The van der Waals surface area contributed by atoms with Gasteiger partial charge in [-0.1, -0.05) is 18.2 Å². The minimum atomic E-state index is -0.481. The first kappa shape index (κ1) is 17.8. The second-order valence-corrected chi connectivity index (χ2v) is 7.65. The molecule has 0 spiro atoms. The van der Waals surface area contributed by atoms with Crippen molar-refractivity contribution in [3.05, 3.63) is 57.3 Å². The van der Waals surface area contributed by atoms with Gasteiger partial charge in [-0.2, -0.15) is 0 Å². The van der Waals surface area contributed by atoms with Crippen molar-refractivity contribution < 1.29 is 14.3 Å². The van der Waals surface area contributed by atoms with E-state index in [2.05, 4.69) is 26.2 Å². The Morgan fingerprint density at radius 1 is 1.16 bits per heavy atom. The fourth-order valence-electron chi connectivity index (χ4n) is 2.00. The summed E-state index contributed by atoms with van der Waals surface area (Å²) in [5.74, 6) is -0.872. The van der Waals surface area contributed by atoms with E-state index >= 15 is 0 Å². The Hall–Kier alpha value is -2.03. The number of nitrogens with one attached hydrogen (secondary N) is 1. The lowest BCUT2D eigenvalue weighted by Crippen LogP contribution is -2.21. The fraction of sp³-hybridized carbons (Fsp3) is 0.118. The summed E-state index contributed by atoms with van der Waals surface area (Å²) in [6, 6.07) is 11.2. The molecule has 5 nitrogen and oxygen atoms in total. The predicted molar refractivity (Wildman–Crippen MR) is 103 cm³/mol. The van der Waals surface area contributed by atoms with Crippen LogP contribution in [-0.2, 0) is 20.7 Å². The van der Waals surface area contributed by atoms with Gasteiger partial charge < -0.3 is 10.1 Å². The first-order chi connectivity index (χ1) is 12.1. The summed E-state index contributed by atoms with van der Waals surface area (Å²) in [5.41, 5.74) is 1.27. The van der Waals surface area contributed by atoms with Crippen LogP contribution in [0.1, 0.15) is 5.69 Å². The molecule has 3 aromatic rings. The van der Waals surface area contributed by atoms with Crippen LogP contribution in [-0.4, -0.2) is 23.5 Å². The average Bonchev–Trinajstić information content (AvgIpc) is 3.26. The van der Waals surface area contributed by atoms with Gasteiger partial charge in [-0.3, -0.25) is 9.59 Å². The number of hydrogen-bond donors (Lipinski definition) is 1. The maximum Gasteiger partial charge on any atom is 0.312 e. The van der Waals surface area contributed by atoms with E-state index < -0.39 is 11.9 Å². The van der Waals surface area contributed by atoms with E-state index in [-0.39, 0.29) is 13.0 Å². The third-order valence-electron chi connectivity index (χ3n) is 3.12. The van der Waals surface area contributed by atoms with E-state index in [1.54, 1.807) is 23.5 Å². The second-order valence-electron chi connectivity index (χ2n) is 4.99. The number of ether oxygens (including phenoxy) is 1. The molecule has 25 heavy (non-hydrogen) atoms. The normalized spacial score (nSPS) is 10.4. The summed E-state index contributed by atoms with van der Waals surface area (Å²) in [6.45, 7) is -0.331. The monoisotopic (exact) mass is 436 g/mol. The Bertz CT molecular complexity index is 878. The minimum absolute atomic E-state index is 0.0458. The first-order valence-electron chi connectivity index (χ1n) is 7.30. The number of carbonyl (C=O) groups excluding carboxylic acids is 2. The van der Waals surface area contributed by atoms with Crippen molar-refractivity contribution in [3.8, 4) is 9.88 Å². The number of para-hydroxylation sites is 1. The maximum absolute atomic E-state index is 11.9. The number of thiazole rings is 1. The lowest BCUT2D eigenvalue weighted by molar-refractivity contribution is -0.146. The molecule has 1 amide bonds. The van der Waals surface area contributed by atoms with Gasteiger partial charge in [-0.15, -0.1) is 22.7 Å². The van der Waals surface area contributed by atoms with Crippen LogP contribution in [0.2, 0.25) is 0 Å². The van der Waals surface area contributed by atoms with Gasteiger partial charge in [0.1, 0.15) is 5.01 Å². The Balaban J connectivity index is 1.48. The molecular weight excluding hydrogens is 424 g/mol. The molecule has 2 heterocycles. The summed E-state index contributed by atoms with van der Waals surface area (Å²) in [6.07, 6.45) is 0.0458. The molecule has 8 heteroatoms. The highest BCUT2D eigenvalue weighted by molar-refractivity contribution is 9.10. The van der Waals surface area contributed by atoms with E-state index in [4.69, 9.17) is 4.74 Å². The summed E-state index contributed by atoms with van der Waals surface area (Å²) >= 11 is 6.42. The van der Waals surface area contributed by atoms with Crippen LogP contribution in [0, 0.1) is 0 Å². The Labute approximate surface area is 160 Å². The smallest absolute Gasteiger partial charge is 0.312 e. The van der Waals surface area contributed by atoms with Crippen molar-refractivity contribution in [2.24, 2.45) is 0 Å². The molecule has 128 valence electrons. The molecule has 0 aliphatic rings. The van der Waals surface area contributed by atoms with E-state index in [0.29, 0.717) is 11.4 Å². The summed E-state index contributed by atoms with van der Waals surface area (Å²) in [7, 11) is 0. The Morgan fingerprint density at radius 2 is 2.00 bits per heavy atom. The number of benzene rings is 1. The molecule has 0 atom stereocenters. The van der Waals surface area contributed by atoms with Gasteiger partial charge in [-0.05, 0) is 39.5 Å². The molecule has 0 radical (unpaired) electrons. The van der Waals surface area contributed by atoms with Crippen molar-refractivity contribution in [1.29, 1.82) is 0 Å². The number of nitrogens with zero attached hydrogens (tertiary/aromatic N) is 1. The van der Waals surface area contributed by atoms with Crippen LogP contribution < -0.4 is 5.32 Å².